The van der Waals surface area contributed by atoms with E-state index >= 15 is 0 Å². The largest absolute Gasteiger partial charge is 0.506 e. The van der Waals surface area contributed by atoms with Crippen molar-refractivity contribution in [3.63, 3.8) is 0 Å². The fourth-order valence-electron chi connectivity index (χ4n) is 2.37. The average molecular weight is 268 g/mol. The van der Waals surface area contributed by atoms with Crippen LogP contribution in [0.2, 0.25) is 0 Å². The topological polar surface area (TPSA) is 47.3 Å². The van der Waals surface area contributed by atoms with Gasteiger partial charge in [-0.1, -0.05) is 12.1 Å². The Morgan fingerprint density at radius 2 is 2.15 bits per heavy atom. The third-order valence-electron chi connectivity index (χ3n) is 3.33. The summed E-state index contributed by atoms with van der Waals surface area (Å²) in [5.41, 5.74) is 1.92. The van der Waals surface area contributed by atoms with E-state index in [2.05, 4.69) is 11.9 Å². The molecule has 0 aliphatic carbocycles. The lowest BCUT2D eigenvalue weighted by molar-refractivity contribution is 0.306. The van der Waals surface area contributed by atoms with Gasteiger partial charge in [0.15, 0.2) is 0 Å². The van der Waals surface area contributed by atoms with Gasteiger partial charge in [0.2, 0.25) is 0 Å². The van der Waals surface area contributed by atoms with Crippen molar-refractivity contribution in [2.75, 3.05) is 0 Å². The molecule has 4 nitrogen and oxygen atoms in total. The van der Waals surface area contributed by atoms with Gasteiger partial charge in [-0.2, -0.15) is 0 Å². The zero-order valence-corrected chi connectivity index (χ0v) is 11.3. The Morgan fingerprint density at radius 3 is 2.90 bits per heavy atom. The van der Waals surface area contributed by atoms with Gasteiger partial charge in [0, 0.05) is 29.9 Å². The van der Waals surface area contributed by atoms with Gasteiger partial charge >= 0.3 is 0 Å². The molecule has 0 saturated heterocycles. The highest BCUT2D eigenvalue weighted by Gasteiger charge is 2.11. The second-order valence-electron chi connectivity index (χ2n) is 4.59. The molecule has 2 aromatic heterocycles. The molecule has 1 aromatic carbocycles. The fraction of sp³-hybridized carbons (Fsp3) is 0.188. The van der Waals surface area contributed by atoms with E-state index in [4.69, 9.17) is 4.74 Å². The molecule has 0 unspecified atom stereocenters. The Labute approximate surface area is 117 Å². The highest BCUT2D eigenvalue weighted by Crippen LogP contribution is 2.29. The lowest BCUT2D eigenvalue weighted by Crippen LogP contribution is -1.95. The first-order valence-electron chi connectivity index (χ1n) is 6.62. The Kier molecular flexibility index (Phi) is 3.29. The number of phenols is 1. The van der Waals surface area contributed by atoms with E-state index in [1.165, 1.54) is 0 Å². The normalized spacial score (nSPS) is 10.8. The van der Waals surface area contributed by atoms with Crippen LogP contribution in [-0.4, -0.2) is 14.7 Å². The molecule has 1 N–H and O–H groups in total. The standard InChI is InChI=1S/C16H16N2O2/c1-2-18-10-12(11-20-13-5-4-8-17-9-13)14-6-3-7-15(19)16(14)18/h3-10,19H,2,11H2,1H3. The summed E-state index contributed by atoms with van der Waals surface area (Å²) in [6, 6.07) is 9.29. The molecule has 4 heteroatoms. The maximum Gasteiger partial charge on any atom is 0.139 e. The zero-order chi connectivity index (χ0) is 13.9. The summed E-state index contributed by atoms with van der Waals surface area (Å²) in [6.07, 6.45) is 5.44. The van der Waals surface area contributed by atoms with E-state index in [9.17, 15) is 5.11 Å². The van der Waals surface area contributed by atoms with Gasteiger partial charge in [-0.05, 0) is 25.1 Å². The predicted molar refractivity (Wildman–Crippen MR) is 77.8 cm³/mol. The Bertz CT molecular complexity index is 720. The number of aryl methyl sites for hydroxylation is 1. The molecule has 2 heterocycles. The Balaban J connectivity index is 1.94. The van der Waals surface area contributed by atoms with Crippen molar-refractivity contribution < 1.29 is 9.84 Å². The number of hydrogen-bond donors (Lipinski definition) is 1. The molecule has 0 fully saturated rings. The van der Waals surface area contributed by atoms with E-state index in [0.29, 0.717) is 12.4 Å². The SMILES string of the molecule is CCn1cc(COc2cccnc2)c2cccc(O)c21. The average Bonchev–Trinajstić information content (AvgIpc) is 2.86. The van der Waals surface area contributed by atoms with Crippen LogP contribution in [0.15, 0.2) is 48.9 Å². The highest BCUT2D eigenvalue weighted by molar-refractivity contribution is 5.88. The summed E-state index contributed by atoms with van der Waals surface area (Å²) < 4.78 is 7.77. The highest BCUT2D eigenvalue weighted by atomic mass is 16.5. The third-order valence-corrected chi connectivity index (χ3v) is 3.33. The molecule has 0 spiro atoms. The van der Waals surface area contributed by atoms with Crippen LogP contribution in [-0.2, 0) is 13.2 Å². The van der Waals surface area contributed by atoms with Gasteiger partial charge in [0.1, 0.15) is 18.1 Å². The van der Waals surface area contributed by atoms with E-state index in [-0.39, 0.29) is 0 Å². The quantitative estimate of drug-likeness (QED) is 0.789. The van der Waals surface area contributed by atoms with Crippen LogP contribution in [0.4, 0.5) is 0 Å². The van der Waals surface area contributed by atoms with Crippen LogP contribution in [0.1, 0.15) is 12.5 Å². The summed E-state index contributed by atoms with van der Waals surface area (Å²) in [5.74, 6) is 1.04. The molecule has 3 aromatic rings. The first kappa shape index (κ1) is 12.5. The van der Waals surface area contributed by atoms with Crippen molar-refractivity contribution in [1.82, 2.24) is 9.55 Å². The molecule has 0 aliphatic rings. The molecule has 0 atom stereocenters. The molecular formula is C16H16N2O2. The number of aromatic hydroxyl groups is 1. The molecule has 3 rings (SSSR count). The van der Waals surface area contributed by atoms with Crippen LogP contribution in [0.5, 0.6) is 11.5 Å². The summed E-state index contributed by atoms with van der Waals surface area (Å²) in [6.45, 7) is 3.32. The summed E-state index contributed by atoms with van der Waals surface area (Å²) in [7, 11) is 0. The molecule has 0 bridgehead atoms. The number of hydrogen-bond acceptors (Lipinski definition) is 3. The number of ether oxygens (including phenoxy) is 1. The maximum absolute atomic E-state index is 10.0. The first-order chi connectivity index (χ1) is 9.79. The van der Waals surface area contributed by atoms with Crippen LogP contribution in [0.3, 0.4) is 0 Å². The van der Waals surface area contributed by atoms with Crippen molar-refractivity contribution in [3.05, 3.63) is 54.5 Å². The van der Waals surface area contributed by atoms with Crippen LogP contribution < -0.4 is 4.74 Å². The molecule has 102 valence electrons. The second-order valence-corrected chi connectivity index (χ2v) is 4.59. The van der Waals surface area contributed by atoms with E-state index in [1.807, 2.05) is 35.0 Å². The van der Waals surface area contributed by atoms with Crippen molar-refractivity contribution in [2.24, 2.45) is 0 Å². The van der Waals surface area contributed by atoms with Crippen LogP contribution in [0, 0.1) is 0 Å². The number of phenolic OH excluding ortho intramolecular Hbond substituents is 1. The minimum Gasteiger partial charge on any atom is -0.506 e. The Hall–Kier alpha value is -2.49. The van der Waals surface area contributed by atoms with Gasteiger partial charge in [0.05, 0.1) is 11.7 Å². The molecule has 0 radical (unpaired) electrons. The van der Waals surface area contributed by atoms with E-state index < -0.39 is 0 Å². The van der Waals surface area contributed by atoms with Crippen LogP contribution in [0.25, 0.3) is 10.9 Å². The molecular weight excluding hydrogens is 252 g/mol. The minimum absolute atomic E-state index is 0.303. The van der Waals surface area contributed by atoms with Crippen molar-refractivity contribution in [3.8, 4) is 11.5 Å². The fourth-order valence-corrected chi connectivity index (χ4v) is 2.37. The lowest BCUT2D eigenvalue weighted by Gasteiger charge is -2.04. The number of aromatic nitrogens is 2. The van der Waals surface area contributed by atoms with Crippen molar-refractivity contribution in [2.45, 2.75) is 20.1 Å². The lowest BCUT2D eigenvalue weighted by atomic mass is 10.2. The van der Waals surface area contributed by atoms with E-state index in [0.717, 1.165) is 28.8 Å². The maximum atomic E-state index is 10.0. The molecule has 0 aliphatic heterocycles. The summed E-state index contributed by atoms with van der Waals surface area (Å²) in [5, 5.41) is 11.0. The van der Waals surface area contributed by atoms with Gasteiger partial charge in [0.25, 0.3) is 0 Å². The Morgan fingerprint density at radius 1 is 1.25 bits per heavy atom. The number of benzene rings is 1. The number of pyridine rings is 1. The number of rotatable bonds is 4. The molecule has 20 heavy (non-hydrogen) atoms. The number of fused-ring (bicyclic) bond motifs is 1. The van der Waals surface area contributed by atoms with Gasteiger partial charge < -0.3 is 14.4 Å². The third kappa shape index (κ3) is 2.20. The zero-order valence-electron chi connectivity index (χ0n) is 11.3. The van der Waals surface area contributed by atoms with Crippen molar-refractivity contribution in [1.29, 1.82) is 0 Å². The summed E-state index contributed by atoms with van der Waals surface area (Å²) >= 11 is 0. The van der Waals surface area contributed by atoms with Gasteiger partial charge in [-0.3, -0.25) is 4.98 Å². The van der Waals surface area contributed by atoms with Gasteiger partial charge in [-0.15, -0.1) is 0 Å². The van der Waals surface area contributed by atoms with Crippen molar-refractivity contribution >= 4 is 10.9 Å². The molecule has 0 amide bonds. The van der Waals surface area contributed by atoms with Gasteiger partial charge in [-0.25, -0.2) is 0 Å². The first-order valence-corrected chi connectivity index (χ1v) is 6.62. The smallest absolute Gasteiger partial charge is 0.139 e. The van der Waals surface area contributed by atoms with Crippen LogP contribution >= 0.6 is 0 Å². The predicted octanol–water partition coefficient (Wildman–Crippen LogP) is 3.34. The minimum atomic E-state index is 0.303. The van der Waals surface area contributed by atoms with E-state index in [1.54, 1.807) is 18.5 Å². The monoisotopic (exact) mass is 268 g/mol. The second kappa shape index (κ2) is 5.25. The number of para-hydroxylation sites is 1. The molecule has 0 saturated carbocycles. The number of nitrogens with zero attached hydrogens (tertiary/aromatic N) is 2. The summed E-state index contributed by atoms with van der Waals surface area (Å²) in [4.78, 5) is 4.02.